The highest BCUT2D eigenvalue weighted by Crippen LogP contribution is 2.24. The van der Waals surface area contributed by atoms with Gasteiger partial charge >= 0.3 is 0 Å². The van der Waals surface area contributed by atoms with Gasteiger partial charge in [-0.15, -0.1) is 0 Å². The van der Waals surface area contributed by atoms with E-state index in [1.807, 2.05) is 59.2 Å². The first-order valence-electron chi connectivity index (χ1n) is 9.83. The van der Waals surface area contributed by atoms with E-state index in [9.17, 15) is 4.79 Å². The fraction of sp³-hybridized carbons (Fsp3) is 0.348. The summed E-state index contributed by atoms with van der Waals surface area (Å²) in [5.74, 6) is 0.661. The minimum absolute atomic E-state index is 0.00812. The molecule has 1 fully saturated rings. The molecule has 1 aliphatic rings. The highest BCUT2D eigenvalue weighted by Gasteiger charge is 2.13. The Labute approximate surface area is 160 Å². The predicted molar refractivity (Wildman–Crippen MR) is 109 cm³/mol. The van der Waals surface area contributed by atoms with Crippen LogP contribution < -0.4 is 10.3 Å². The van der Waals surface area contributed by atoms with Gasteiger partial charge in [0.05, 0.1) is 5.52 Å². The van der Waals surface area contributed by atoms with Gasteiger partial charge in [-0.05, 0) is 43.6 Å². The number of hydrogen-bond acceptors (Lipinski definition) is 3. The van der Waals surface area contributed by atoms with Gasteiger partial charge in [0.15, 0.2) is 0 Å². The Hall–Kier alpha value is -2.59. The van der Waals surface area contributed by atoms with Gasteiger partial charge in [0, 0.05) is 24.5 Å². The van der Waals surface area contributed by atoms with E-state index in [-0.39, 0.29) is 5.56 Å². The molecule has 1 aliphatic heterocycles. The van der Waals surface area contributed by atoms with E-state index in [1.165, 1.54) is 19.3 Å². The molecule has 0 saturated carbocycles. The van der Waals surface area contributed by atoms with E-state index in [4.69, 9.17) is 4.74 Å². The third-order valence-corrected chi connectivity index (χ3v) is 5.31. The van der Waals surface area contributed by atoms with Gasteiger partial charge in [-0.1, -0.05) is 48.9 Å². The number of pyridine rings is 1. The van der Waals surface area contributed by atoms with Gasteiger partial charge < -0.3 is 14.2 Å². The largest absolute Gasteiger partial charge is 0.488 e. The molecule has 1 aromatic heterocycles. The summed E-state index contributed by atoms with van der Waals surface area (Å²) in [5.41, 5.74) is 2.05. The van der Waals surface area contributed by atoms with Gasteiger partial charge in [-0.3, -0.25) is 4.79 Å². The lowest BCUT2D eigenvalue weighted by atomic mass is 10.1. The lowest BCUT2D eigenvalue weighted by Gasteiger charge is -2.27. The Morgan fingerprint density at radius 1 is 0.852 bits per heavy atom. The zero-order valence-corrected chi connectivity index (χ0v) is 15.6. The Kier molecular flexibility index (Phi) is 5.54. The molecule has 0 bridgehead atoms. The van der Waals surface area contributed by atoms with Crippen molar-refractivity contribution >= 4 is 10.9 Å². The molecule has 1 saturated heterocycles. The summed E-state index contributed by atoms with van der Waals surface area (Å²) in [6.45, 7) is 4.39. The number of piperidine rings is 1. The number of ether oxygens (including phenoxy) is 1. The van der Waals surface area contributed by atoms with Crippen molar-refractivity contribution in [2.24, 2.45) is 0 Å². The van der Waals surface area contributed by atoms with Crippen molar-refractivity contribution in [1.29, 1.82) is 0 Å². The molecular formula is C23H26N2O2. The minimum Gasteiger partial charge on any atom is -0.488 e. The standard InChI is InChI=1S/C23H26N2O2/c26-23-17-22(27-18-19-9-3-1-4-10-19)20-11-5-6-12-21(20)25(23)16-15-24-13-7-2-8-14-24/h1,3-6,9-12,17H,2,7-8,13-16,18H2. The molecule has 0 spiro atoms. The second kappa shape index (κ2) is 8.40. The first-order valence-corrected chi connectivity index (χ1v) is 9.83. The van der Waals surface area contributed by atoms with Crippen LogP contribution in [0, 0.1) is 0 Å². The molecule has 0 amide bonds. The summed E-state index contributed by atoms with van der Waals surface area (Å²) in [5, 5.41) is 0.992. The number of hydrogen-bond donors (Lipinski definition) is 0. The van der Waals surface area contributed by atoms with Crippen LogP contribution in [0.2, 0.25) is 0 Å². The number of aromatic nitrogens is 1. The van der Waals surface area contributed by atoms with E-state index in [0.29, 0.717) is 12.4 Å². The summed E-state index contributed by atoms with van der Waals surface area (Å²) in [6.07, 6.45) is 3.86. The van der Waals surface area contributed by atoms with Gasteiger partial charge in [0.2, 0.25) is 0 Å². The normalized spacial score (nSPS) is 15.1. The van der Waals surface area contributed by atoms with Crippen LogP contribution in [0.15, 0.2) is 65.5 Å². The predicted octanol–water partition coefficient (Wildman–Crippen LogP) is 4.07. The lowest BCUT2D eigenvalue weighted by molar-refractivity contribution is 0.221. The average Bonchev–Trinajstić information content (AvgIpc) is 2.73. The molecule has 2 aromatic carbocycles. The molecule has 0 atom stereocenters. The van der Waals surface area contributed by atoms with Crippen LogP contribution in [-0.4, -0.2) is 29.1 Å². The van der Waals surface area contributed by atoms with E-state index >= 15 is 0 Å². The maximum Gasteiger partial charge on any atom is 0.254 e. The molecule has 4 nitrogen and oxygen atoms in total. The average molecular weight is 362 g/mol. The topological polar surface area (TPSA) is 34.5 Å². The van der Waals surface area contributed by atoms with Crippen molar-refractivity contribution in [1.82, 2.24) is 9.47 Å². The first-order chi connectivity index (χ1) is 13.3. The molecule has 4 rings (SSSR count). The van der Waals surface area contributed by atoms with Crippen LogP contribution in [-0.2, 0) is 13.2 Å². The molecule has 2 heterocycles. The molecule has 0 N–H and O–H groups in total. The maximum atomic E-state index is 12.8. The van der Waals surface area contributed by atoms with Crippen molar-refractivity contribution in [3.05, 3.63) is 76.6 Å². The van der Waals surface area contributed by atoms with Gasteiger partial charge in [-0.2, -0.15) is 0 Å². The molecule has 4 heteroatoms. The third kappa shape index (κ3) is 4.22. The van der Waals surface area contributed by atoms with Gasteiger partial charge in [-0.25, -0.2) is 0 Å². The molecule has 0 unspecified atom stereocenters. The minimum atomic E-state index is 0.00812. The number of benzene rings is 2. The van der Waals surface area contributed by atoms with Crippen LogP contribution in [0.3, 0.4) is 0 Å². The molecule has 0 radical (unpaired) electrons. The van der Waals surface area contributed by atoms with Gasteiger partial charge in [0.25, 0.3) is 5.56 Å². The van der Waals surface area contributed by atoms with Crippen molar-refractivity contribution in [3.63, 3.8) is 0 Å². The molecule has 140 valence electrons. The number of para-hydroxylation sites is 1. The zero-order chi connectivity index (χ0) is 18.5. The number of likely N-dealkylation sites (tertiary alicyclic amines) is 1. The number of nitrogens with zero attached hydrogens (tertiary/aromatic N) is 2. The summed E-state index contributed by atoms with van der Waals surface area (Å²) in [4.78, 5) is 15.3. The highest BCUT2D eigenvalue weighted by atomic mass is 16.5. The Morgan fingerprint density at radius 3 is 2.41 bits per heavy atom. The van der Waals surface area contributed by atoms with Crippen molar-refractivity contribution < 1.29 is 4.74 Å². The SMILES string of the molecule is O=c1cc(OCc2ccccc2)c2ccccc2n1CCN1CCCCC1. The van der Waals surface area contributed by atoms with E-state index < -0.39 is 0 Å². The van der Waals surface area contributed by atoms with Crippen LogP contribution in [0.25, 0.3) is 10.9 Å². The van der Waals surface area contributed by atoms with Crippen LogP contribution >= 0.6 is 0 Å². The quantitative estimate of drug-likeness (QED) is 0.663. The second-order valence-corrected chi connectivity index (χ2v) is 7.19. The second-order valence-electron chi connectivity index (χ2n) is 7.19. The summed E-state index contributed by atoms with van der Waals surface area (Å²) < 4.78 is 7.90. The molecule has 27 heavy (non-hydrogen) atoms. The number of rotatable bonds is 6. The fourth-order valence-corrected chi connectivity index (χ4v) is 3.81. The van der Waals surface area contributed by atoms with E-state index in [0.717, 1.165) is 42.6 Å². The molecule has 0 aliphatic carbocycles. The highest BCUT2D eigenvalue weighted by molar-refractivity contribution is 5.85. The van der Waals surface area contributed by atoms with Crippen molar-refractivity contribution in [2.75, 3.05) is 19.6 Å². The Morgan fingerprint density at radius 2 is 1.59 bits per heavy atom. The Bertz CT molecular complexity index is 943. The van der Waals surface area contributed by atoms with E-state index in [2.05, 4.69) is 4.90 Å². The molecule has 3 aromatic rings. The van der Waals surface area contributed by atoms with Crippen molar-refractivity contribution in [3.8, 4) is 5.75 Å². The lowest BCUT2D eigenvalue weighted by Crippen LogP contribution is -2.34. The van der Waals surface area contributed by atoms with Gasteiger partial charge in [0.1, 0.15) is 12.4 Å². The van der Waals surface area contributed by atoms with Crippen LogP contribution in [0.5, 0.6) is 5.75 Å². The van der Waals surface area contributed by atoms with Crippen molar-refractivity contribution in [2.45, 2.75) is 32.4 Å². The monoisotopic (exact) mass is 362 g/mol. The summed E-state index contributed by atoms with van der Waals surface area (Å²) >= 11 is 0. The summed E-state index contributed by atoms with van der Waals surface area (Å²) in [6, 6.07) is 19.7. The van der Waals surface area contributed by atoms with E-state index in [1.54, 1.807) is 6.07 Å². The third-order valence-electron chi connectivity index (χ3n) is 5.31. The first kappa shape index (κ1) is 17.8. The van der Waals surface area contributed by atoms with Crippen LogP contribution in [0.4, 0.5) is 0 Å². The smallest absolute Gasteiger partial charge is 0.254 e. The zero-order valence-electron chi connectivity index (χ0n) is 15.6. The summed E-state index contributed by atoms with van der Waals surface area (Å²) in [7, 11) is 0. The Balaban J connectivity index is 1.58. The fourth-order valence-electron chi connectivity index (χ4n) is 3.81. The van der Waals surface area contributed by atoms with Crippen LogP contribution in [0.1, 0.15) is 24.8 Å². The number of fused-ring (bicyclic) bond motifs is 1. The maximum absolute atomic E-state index is 12.8. The molecular weight excluding hydrogens is 336 g/mol.